The van der Waals surface area contributed by atoms with Gasteiger partial charge in [-0.2, -0.15) is 0 Å². The summed E-state index contributed by atoms with van der Waals surface area (Å²) in [4.78, 5) is 21.7. The summed E-state index contributed by atoms with van der Waals surface area (Å²) in [6, 6.07) is 19.9. The van der Waals surface area contributed by atoms with Crippen LogP contribution in [0.4, 0.5) is 15.8 Å². The van der Waals surface area contributed by atoms with E-state index in [1.807, 2.05) is 54.1 Å². The van der Waals surface area contributed by atoms with Crippen LogP contribution >= 0.6 is 0 Å². The van der Waals surface area contributed by atoms with Gasteiger partial charge in [-0.3, -0.25) is 9.79 Å². The van der Waals surface area contributed by atoms with Gasteiger partial charge in [-0.1, -0.05) is 36.4 Å². The van der Waals surface area contributed by atoms with E-state index in [1.165, 1.54) is 6.07 Å². The Morgan fingerprint density at radius 3 is 2.68 bits per heavy atom. The third-order valence-electron chi connectivity index (χ3n) is 5.32. The van der Waals surface area contributed by atoms with Gasteiger partial charge in [-0.15, -0.1) is 0 Å². The topological polar surface area (TPSA) is 59.3 Å². The Balaban J connectivity index is 1.56. The second kappa shape index (κ2) is 7.65. The van der Waals surface area contributed by atoms with Crippen LogP contribution in [0, 0.1) is 12.7 Å². The molecule has 3 aromatic carbocycles. The minimum atomic E-state index is -0.307. The van der Waals surface area contributed by atoms with Crippen molar-refractivity contribution in [3.63, 3.8) is 0 Å². The summed E-state index contributed by atoms with van der Waals surface area (Å²) in [6.07, 6.45) is 3.80. The summed E-state index contributed by atoms with van der Waals surface area (Å²) in [6.45, 7) is 1.94. The van der Waals surface area contributed by atoms with Crippen molar-refractivity contribution in [3.05, 3.63) is 96.3 Å². The monoisotopic (exact) mass is 410 g/mol. The molecule has 0 bridgehead atoms. The van der Waals surface area contributed by atoms with Crippen molar-refractivity contribution in [2.75, 3.05) is 5.32 Å². The summed E-state index contributed by atoms with van der Waals surface area (Å²) in [5, 5.41) is 2.91. The predicted octanol–water partition coefficient (Wildman–Crippen LogP) is 5.45. The number of fused-ring (bicyclic) bond motifs is 1. The van der Waals surface area contributed by atoms with Crippen LogP contribution in [0.1, 0.15) is 17.8 Å². The number of hydrogen-bond acceptors (Lipinski definition) is 3. The second-order valence-electron chi connectivity index (χ2n) is 7.39. The normalized spacial score (nSPS) is 13.2. The van der Waals surface area contributed by atoms with Crippen LogP contribution in [0.25, 0.3) is 16.8 Å². The van der Waals surface area contributed by atoms with Crippen LogP contribution in [0.5, 0.6) is 0 Å². The van der Waals surface area contributed by atoms with Crippen molar-refractivity contribution in [2.45, 2.75) is 13.3 Å². The first-order chi connectivity index (χ1) is 15.1. The number of halogens is 1. The van der Waals surface area contributed by atoms with Crippen molar-refractivity contribution >= 4 is 23.0 Å². The Morgan fingerprint density at radius 2 is 1.87 bits per heavy atom. The van der Waals surface area contributed by atoms with E-state index in [0.717, 1.165) is 17.1 Å². The van der Waals surface area contributed by atoms with Crippen LogP contribution < -0.4 is 5.32 Å². The smallest absolute Gasteiger partial charge is 0.230 e. The molecule has 0 saturated carbocycles. The summed E-state index contributed by atoms with van der Waals surface area (Å²) in [7, 11) is 0. The minimum absolute atomic E-state index is 0.149. The zero-order valence-corrected chi connectivity index (χ0v) is 16.8. The van der Waals surface area contributed by atoms with Crippen molar-refractivity contribution in [2.24, 2.45) is 4.99 Å². The molecule has 0 fully saturated rings. The molecule has 0 radical (unpaired) electrons. The maximum atomic E-state index is 14.2. The fourth-order valence-electron chi connectivity index (χ4n) is 3.78. The number of aryl methyl sites for hydroxylation is 1. The molecule has 4 aromatic rings. The Morgan fingerprint density at radius 1 is 1.00 bits per heavy atom. The van der Waals surface area contributed by atoms with Gasteiger partial charge in [0, 0.05) is 23.6 Å². The highest BCUT2D eigenvalue weighted by Crippen LogP contribution is 2.34. The molecule has 5 nitrogen and oxygen atoms in total. The summed E-state index contributed by atoms with van der Waals surface area (Å²) in [5.74, 6) is 0.411. The number of anilines is 1. The van der Waals surface area contributed by atoms with E-state index < -0.39 is 0 Å². The first-order valence-corrected chi connectivity index (χ1v) is 9.95. The molecule has 0 aliphatic carbocycles. The molecular weight excluding hydrogens is 391 g/mol. The number of nitrogens with zero attached hydrogens (tertiary/aromatic N) is 3. The van der Waals surface area contributed by atoms with Gasteiger partial charge >= 0.3 is 0 Å². The highest BCUT2D eigenvalue weighted by atomic mass is 19.1. The molecule has 1 amide bonds. The number of imidazole rings is 1. The van der Waals surface area contributed by atoms with Gasteiger partial charge in [-0.25, -0.2) is 9.37 Å². The SMILES string of the molecule is Cc1nccn1-c1cccc(C2=Nc3ccc(-c4ccccc4F)cc3NC(=O)C2)c1. The summed E-state index contributed by atoms with van der Waals surface area (Å²) < 4.78 is 16.2. The van der Waals surface area contributed by atoms with E-state index in [9.17, 15) is 9.18 Å². The molecule has 0 spiro atoms. The number of carbonyl (C=O) groups is 1. The van der Waals surface area contributed by atoms with E-state index in [2.05, 4.69) is 10.3 Å². The molecule has 1 N–H and O–H groups in total. The number of amides is 1. The van der Waals surface area contributed by atoms with Crippen LogP contribution in [0.3, 0.4) is 0 Å². The molecule has 2 heterocycles. The fourth-order valence-corrected chi connectivity index (χ4v) is 3.78. The van der Waals surface area contributed by atoms with Crippen molar-refractivity contribution in [3.8, 4) is 16.8 Å². The van der Waals surface area contributed by atoms with Gasteiger partial charge in [0.05, 0.1) is 23.5 Å². The lowest BCUT2D eigenvalue weighted by Gasteiger charge is -2.09. The number of carbonyl (C=O) groups excluding carboxylic acids is 1. The zero-order chi connectivity index (χ0) is 21.4. The van der Waals surface area contributed by atoms with Gasteiger partial charge in [0.2, 0.25) is 5.91 Å². The van der Waals surface area contributed by atoms with Crippen molar-refractivity contribution in [1.82, 2.24) is 9.55 Å². The Hall–Kier alpha value is -4.06. The molecular formula is C25H19FN4O. The maximum Gasteiger partial charge on any atom is 0.230 e. The first-order valence-electron chi connectivity index (χ1n) is 9.95. The highest BCUT2D eigenvalue weighted by molar-refractivity contribution is 6.17. The van der Waals surface area contributed by atoms with Crippen LogP contribution in [-0.4, -0.2) is 21.2 Å². The Bertz CT molecular complexity index is 1340. The van der Waals surface area contributed by atoms with Crippen LogP contribution in [0.15, 0.2) is 84.1 Å². The Labute approximate surface area is 178 Å². The molecule has 0 unspecified atom stereocenters. The number of benzene rings is 3. The van der Waals surface area contributed by atoms with Gasteiger partial charge < -0.3 is 9.88 Å². The second-order valence-corrected chi connectivity index (χ2v) is 7.39. The van der Waals surface area contributed by atoms with Gasteiger partial charge in [0.15, 0.2) is 0 Å². The number of aromatic nitrogens is 2. The molecule has 1 aliphatic heterocycles. The molecule has 1 aliphatic rings. The average molecular weight is 410 g/mol. The third-order valence-corrected chi connectivity index (χ3v) is 5.32. The molecule has 0 saturated heterocycles. The standard InChI is InChI=1S/C25H19FN4O/c1-16-27-11-12-30(16)19-6-4-5-18(13-19)23-15-25(31)29-24-14-17(9-10-22(24)28-23)20-7-2-3-8-21(20)26/h2-14H,15H2,1H3,(H,29,31). The predicted molar refractivity (Wildman–Crippen MR) is 120 cm³/mol. The molecule has 5 rings (SSSR count). The van der Waals surface area contributed by atoms with Crippen molar-refractivity contribution < 1.29 is 9.18 Å². The van der Waals surface area contributed by atoms with E-state index in [-0.39, 0.29) is 18.1 Å². The first kappa shape index (κ1) is 18.9. The Kier molecular flexibility index (Phi) is 4.67. The lowest BCUT2D eigenvalue weighted by Crippen LogP contribution is -2.15. The molecule has 1 aromatic heterocycles. The summed E-state index contributed by atoms with van der Waals surface area (Å²) in [5.41, 5.74) is 4.88. The number of hydrogen-bond donors (Lipinski definition) is 1. The molecule has 6 heteroatoms. The quantitative estimate of drug-likeness (QED) is 0.488. The van der Waals surface area contributed by atoms with Crippen molar-refractivity contribution in [1.29, 1.82) is 0 Å². The lowest BCUT2D eigenvalue weighted by atomic mass is 10.0. The molecule has 31 heavy (non-hydrogen) atoms. The van der Waals surface area contributed by atoms with Crippen LogP contribution in [0.2, 0.25) is 0 Å². The molecule has 152 valence electrons. The zero-order valence-electron chi connectivity index (χ0n) is 16.8. The average Bonchev–Trinajstić information content (AvgIpc) is 3.12. The third kappa shape index (κ3) is 3.64. The number of aliphatic imine (C=N–C) groups is 1. The maximum absolute atomic E-state index is 14.2. The van der Waals surface area contributed by atoms with E-state index in [1.54, 1.807) is 30.5 Å². The molecule has 0 atom stereocenters. The van der Waals surface area contributed by atoms with E-state index >= 15 is 0 Å². The van der Waals surface area contributed by atoms with Gasteiger partial charge in [0.1, 0.15) is 11.6 Å². The van der Waals surface area contributed by atoms with Gasteiger partial charge in [-0.05, 0) is 48.4 Å². The summed E-state index contributed by atoms with van der Waals surface area (Å²) >= 11 is 0. The lowest BCUT2D eigenvalue weighted by molar-refractivity contribution is -0.115. The number of rotatable bonds is 3. The highest BCUT2D eigenvalue weighted by Gasteiger charge is 2.19. The number of nitrogens with one attached hydrogen (secondary N) is 1. The van der Waals surface area contributed by atoms with E-state index in [4.69, 9.17) is 4.99 Å². The minimum Gasteiger partial charge on any atom is -0.324 e. The fraction of sp³-hybridized carbons (Fsp3) is 0.0800. The van der Waals surface area contributed by atoms with Crippen LogP contribution in [-0.2, 0) is 4.79 Å². The van der Waals surface area contributed by atoms with Gasteiger partial charge in [0.25, 0.3) is 0 Å². The van der Waals surface area contributed by atoms with E-state index in [0.29, 0.717) is 28.2 Å². The largest absolute Gasteiger partial charge is 0.324 e.